The molecule has 3 nitrogen and oxygen atoms in total. The lowest BCUT2D eigenvalue weighted by atomic mass is 10.1. The number of benzene rings is 1. The van der Waals surface area contributed by atoms with E-state index in [1.807, 2.05) is 43.3 Å². The Morgan fingerprint density at radius 1 is 1.22 bits per heavy atom. The number of aryl methyl sites for hydroxylation is 1. The van der Waals surface area contributed by atoms with Gasteiger partial charge in [0.2, 0.25) is 5.91 Å². The average Bonchev–Trinajstić information content (AvgIpc) is 2.41. The maximum Gasteiger partial charge on any atom is 0.247 e. The van der Waals surface area contributed by atoms with Crippen molar-refractivity contribution in [2.24, 2.45) is 0 Å². The third-order valence-electron chi connectivity index (χ3n) is 2.50. The minimum atomic E-state index is -0.701. The Hall–Kier alpha value is -1.87. The van der Waals surface area contributed by atoms with E-state index in [1.165, 1.54) is 0 Å². The number of carbonyl (C=O) groups is 1. The van der Waals surface area contributed by atoms with E-state index in [2.05, 4.69) is 10.3 Å². The summed E-state index contributed by atoms with van der Waals surface area (Å²) in [6.07, 6.45) is 1.61. The van der Waals surface area contributed by atoms with Crippen molar-refractivity contribution in [1.82, 2.24) is 4.98 Å². The largest absolute Gasteiger partial charge is 0.323 e. The second kappa shape index (κ2) is 5.65. The standard InChI is InChI=1S/C14H13ClN2O/c1-10-7-8-12(9-16-10)17-14(18)13(15)11-5-3-2-4-6-11/h2-9,13H,1H3,(H,17,18). The molecular weight excluding hydrogens is 248 g/mol. The van der Waals surface area contributed by atoms with Crippen LogP contribution in [0, 0.1) is 6.92 Å². The second-order valence-electron chi connectivity index (χ2n) is 3.95. The van der Waals surface area contributed by atoms with Crippen molar-refractivity contribution in [3.8, 4) is 0 Å². The van der Waals surface area contributed by atoms with Crippen LogP contribution in [0.3, 0.4) is 0 Å². The zero-order valence-electron chi connectivity index (χ0n) is 9.93. The van der Waals surface area contributed by atoms with Gasteiger partial charge in [0.15, 0.2) is 0 Å². The van der Waals surface area contributed by atoms with Gasteiger partial charge >= 0.3 is 0 Å². The zero-order chi connectivity index (χ0) is 13.0. The molecule has 1 aromatic carbocycles. The van der Waals surface area contributed by atoms with E-state index in [1.54, 1.807) is 12.3 Å². The topological polar surface area (TPSA) is 42.0 Å². The number of anilines is 1. The first kappa shape index (κ1) is 12.6. The lowest BCUT2D eigenvalue weighted by Crippen LogP contribution is -2.17. The van der Waals surface area contributed by atoms with Gasteiger partial charge in [0.1, 0.15) is 5.38 Å². The van der Waals surface area contributed by atoms with Crippen LogP contribution in [0.4, 0.5) is 5.69 Å². The smallest absolute Gasteiger partial charge is 0.247 e. The Bertz CT molecular complexity index is 525. The van der Waals surface area contributed by atoms with Crippen LogP contribution in [-0.4, -0.2) is 10.9 Å². The summed E-state index contributed by atoms with van der Waals surface area (Å²) in [7, 11) is 0. The Morgan fingerprint density at radius 3 is 2.56 bits per heavy atom. The number of halogens is 1. The van der Waals surface area contributed by atoms with Crippen LogP contribution in [0.5, 0.6) is 0 Å². The van der Waals surface area contributed by atoms with E-state index in [0.717, 1.165) is 11.3 Å². The molecule has 0 radical (unpaired) electrons. The first-order valence-electron chi connectivity index (χ1n) is 5.59. The number of amides is 1. The summed E-state index contributed by atoms with van der Waals surface area (Å²) >= 11 is 6.11. The molecule has 0 bridgehead atoms. The van der Waals surface area contributed by atoms with Crippen LogP contribution in [0.1, 0.15) is 16.6 Å². The van der Waals surface area contributed by atoms with Crippen LogP contribution in [0.25, 0.3) is 0 Å². The lowest BCUT2D eigenvalue weighted by Gasteiger charge is -2.10. The van der Waals surface area contributed by atoms with Gasteiger partial charge in [-0.1, -0.05) is 30.3 Å². The maximum atomic E-state index is 11.9. The predicted octanol–water partition coefficient (Wildman–Crippen LogP) is 3.31. The fourth-order valence-corrected chi connectivity index (χ4v) is 1.72. The van der Waals surface area contributed by atoms with E-state index in [9.17, 15) is 4.79 Å². The molecular formula is C14H13ClN2O. The van der Waals surface area contributed by atoms with E-state index in [4.69, 9.17) is 11.6 Å². The number of hydrogen-bond donors (Lipinski definition) is 1. The lowest BCUT2D eigenvalue weighted by molar-refractivity contribution is -0.116. The number of carbonyl (C=O) groups excluding carboxylic acids is 1. The summed E-state index contributed by atoms with van der Waals surface area (Å²) < 4.78 is 0. The van der Waals surface area contributed by atoms with Crippen molar-refractivity contribution in [3.05, 3.63) is 59.9 Å². The van der Waals surface area contributed by atoms with Crippen LogP contribution in [0.15, 0.2) is 48.7 Å². The summed E-state index contributed by atoms with van der Waals surface area (Å²) in [6.45, 7) is 1.89. The van der Waals surface area contributed by atoms with Crippen molar-refractivity contribution in [2.45, 2.75) is 12.3 Å². The van der Waals surface area contributed by atoms with Crippen molar-refractivity contribution >= 4 is 23.2 Å². The van der Waals surface area contributed by atoms with Gasteiger partial charge in [-0.05, 0) is 24.6 Å². The monoisotopic (exact) mass is 260 g/mol. The molecule has 92 valence electrons. The molecule has 0 aliphatic carbocycles. The third-order valence-corrected chi connectivity index (χ3v) is 2.95. The van der Waals surface area contributed by atoms with Gasteiger partial charge in [0.05, 0.1) is 11.9 Å². The predicted molar refractivity (Wildman–Crippen MR) is 72.6 cm³/mol. The molecule has 2 rings (SSSR count). The van der Waals surface area contributed by atoms with Crippen molar-refractivity contribution in [1.29, 1.82) is 0 Å². The summed E-state index contributed by atoms with van der Waals surface area (Å²) in [4.78, 5) is 16.0. The molecule has 4 heteroatoms. The van der Waals surface area contributed by atoms with Crippen molar-refractivity contribution < 1.29 is 4.79 Å². The molecule has 0 fully saturated rings. The van der Waals surface area contributed by atoms with E-state index >= 15 is 0 Å². The normalized spacial score (nSPS) is 11.9. The van der Waals surface area contributed by atoms with Crippen LogP contribution in [-0.2, 0) is 4.79 Å². The number of nitrogens with zero attached hydrogens (tertiary/aromatic N) is 1. The third kappa shape index (κ3) is 3.08. The fourth-order valence-electron chi connectivity index (χ4n) is 1.52. The molecule has 1 aromatic heterocycles. The Morgan fingerprint density at radius 2 is 1.94 bits per heavy atom. The van der Waals surface area contributed by atoms with Gasteiger partial charge in [-0.15, -0.1) is 11.6 Å². The van der Waals surface area contributed by atoms with Gasteiger partial charge in [-0.2, -0.15) is 0 Å². The molecule has 1 heterocycles. The number of pyridine rings is 1. The molecule has 18 heavy (non-hydrogen) atoms. The van der Waals surface area contributed by atoms with Crippen molar-refractivity contribution in [2.75, 3.05) is 5.32 Å². The second-order valence-corrected chi connectivity index (χ2v) is 4.39. The van der Waals surface area contributed by atoms with E-state index in [0.29, 0.717) is 5.69 Å². The first-order valence-corrected chi connectivity index (χ1v) is 6.03. The summed E-state index contributed by atoms with van der Waals surface area (Å²) in [5, 5.41) is 2.03. The minimum absolute atomic E-state index is 0.256. The summed E-state index contributed by atoms with van der Waals surface area (Å²) in [5.41, 5.74) is 2.32. The van der Waals surface area contributed by atoms with Gasteiger partial charge in [-0.3, -0.25) is 9.78 Å². The highest BCUT2D eigenvalue weighted by Crippen LogP contribution is 2.21. The van der Waals surface area contributed by atoms with Gasteiger partial charge in [-0.25, -0.2) is 0 Å². The molecule has 2 aromatic rings. The van der Waals surface area contributed by atoms with Gasteiger partial charge in [0, 0.05) is 5.69 Å². The van der Waals surface area contributed by atoms with Crippen molar-refractivity contribution in [3.63, 3.8) is 0 Å². The van der Waals surface area contributed by atoms with Crippen LogP contribution < -0.4 is 5.32 Å². The number of hydrogen-bond acceptors (Lipinski definition) is 2. The van der Waals surface area contributed by atoms with E-state index < -0.39 is 5.38 Å². The Balaban J connectivity index is 2.06. The highest BCUT2D eigenvalue weighted by molar-refractivity contribution is 6.32. The summed E-state index contributed by atoms with van der Waals surface area (Å²) in [6, 6.07) is 12.9. The Kier molecular flexibility index (Phi) is 3.95. The maximum absolute atomic E-state index is 11.9. The highest BCUT2D eigenvalue weighted by Gasteiger charge is 2.17. The number of nitrogens with one attached hydrogen (secondary N) is 1. The quantitative estimate of drug-likeness (QED) is 0.861. The molecule has 1 unspecified atom stereocenters. The molecule has 1 atom stereocenters. The van der Waals surface area contributed by atoms with Gasteiger partial charge in [0.25, 0.3) is 0 Å². The SMILES string of the molecule is Cc1ccc(NC(=O)C(Cl)c2ccccc2)cn1. The Labute approximate surface area is 111 Å². The molecule has 0 spiro atoms. The molecule has 0 saturated heterocycles. The molecule has 0 aliphatic rings. The van der Waals surface area contributed by atoms with Crippen LogP contribution in [0.2, 0.25) is 0 Å². The van der Waals surface area contributed by atoms with Crippen LogP contribution >= 0.6 is 11.6 Å². The van der Waals surface area contributed by atoms with E-state index in [-0.39, 0.29) is 5.91 Å². The highest BCUT2D eigenvalue weighted by atomic mass is 35.5. The molecule has 0 aliphatic heterocycles. The summed E-state index contributed by atoms with van der Waals surface area (Å²) in [5.74, 6) is -0.256. The number of aromatic nitrogens is 1. The van der Waals surface area contributed by atoms with Gasteiger partial charge < -0.3 is 5.32 Å². The first-order chi connectivity index (χ1) is 8.66. The number of alkyl halides is 1. The average molecular weight is 261 g/mol. The fraction of sp³-hybridized carbons (Fsp3) is 0.143. The molecule has 1 amide bonds. The minimum Gasteiger partial charge on any atom is -0.323 e. The number of rotatable bonds is 3. The molecule has 1 N–H and O–H groups in total. The zero-order valence-corrected chi connectivity index (χ0v) is 10.7. The molecule has 0 saturated carbocycles.